The second-order valence-electron chi connectivity index (χ2n) is 6.83. The molecule has 0 N–H and O–H groups in total. The van der Waals surface area contributed by atoms with Crippen LogP contribution in [0.3, 0.4) is 0 Å². The number of para-hydroxylation sites is 1. The Morgan fingerprint density at radius 3 is 2.43 bits per heavy atom. The molecule has 0 aliphatic rings. The van der Waals surface area contributed by atoms with E-state index in [9.17, 15) is 4.79 Å². The minimum atomic E-state index is -0.361. The van der Waals surface area contributed by atoms with E-state index in [1.165, 1.54) is 6.92 Å². The average Bonchev–Trinajstić information content (AvgIpc) is 2.77. The summed E-state index contributed by atoms with van der Waals surface area (Å²) in [6.45, 7) is 1.93. The molecular formula is C26H21NO3. The van der Waals surface area contributed by atoms with Gasteiger partial charge in [-0.25, -0.2) is 4.98 Å². The van der Waals surface area contributed by atoms with Gasteiger partial charge in [-0.15, -0.1) is 0 Å². The van der Waals surface area contributed by atoms with Crippen LogP contribution >= 0.6 is 0 Å². The van der Waals surface area contributed by atoms with Gasteiger partial charge in [-0.2, -0.15) is 0 Å². The molecule has 1 heterocycles. The lowest BCUT2D eigenvalue weighted by molar-refractivity contribution is -0.131. The zero-order valence-corrected chi connectivity index (χ0v) is 16.6. The van der Waals surface area contributed by atoms with Crippen LogP contribution < -0.4 is 9.47 Å². The Labute approximate surface area is 175 Å². The zero-order chi connectivity index (χ0) is 20.8. The minimum Gasteiger partial charge on any atom is -0.489 e. The SMILES string of the molecule is CC(=O)Oc1cccc2ccc(C=Cc3ccc(OCc4ccccc4)cc3)nc12. The zero-order valence-electron chi connectivity index (χ0n) is 16.6. The van der Waals surface area contributed by atoms with Crippen molar-refractivity contribution in [2.45, 2.75) is 13.5 Å². The molecule has 30 heavy (non-hydrogen) atoms. The third-order valence-electron chi connectivity index (χ3n) is 4.53. The summed E-state index contributed by atoms with van der Waals surface area (Å²) in [6.07, 6.45) is 3.92. The van der Waals surface area contributed by atoms with E-state index in [1.807, 2.05) is 91.0 Å². The summed E-state index contributed by atoms with van der Waals surface area (Å²) in [6, 6.07) is 27.4. The van der Waals surface area contributed by atoms with Crippen molar-refractivity contribution in [3.8, 4) is 11.5 Å². The number of aromatic nitrogens is 1. The van der Waals surface area contributed by atoms with E-state index in [4.69, 9.17) is 9.47 Å². The number of rotatable bonds is 6. The van der Waals surface area contributed by atoms with Gasteiger partial charge in [-0.1, -0.05) is 66.7 Å². The molecule has 4 heteroatoms. The van der Waals surface area contributed by atoms with Gasteiger partial charge in [0.2, 0.25) is 0 Å². The van der Waals surface area contributed by atoms with Gasteiger partial charge >= 0.3 is 5.97 Å². The van der Waals surface area contributed by atoms with Gasteiger partial charge in [0, 0.05) is 12.3 Å². The van der Waals surface area contributed by atoms with Crippen LogP contribution in [0.25, 0.3) is 23.1 Å². The highest BCUT2D eigenvalue weighted by molar-refractivity contribution is 5.88. The first-order valence-corrected chi connectivity index (χ1v) is 9.70. The molecule has 3 aromatic carbocycles. The fourth-order valence-electron chi connectivity index (χ4n) is 3.06. The first-order valence-electron chi connectivity index (χ1n) is 9.70. The normalized spacial score (nSPS) is 11.0. The van der Waals surface area contributed by atoms with Gasteiger partial charge < -0.3 is 9.47 Å². The lowest BCUT2D eigenvalue weighted by atomic mass is 10.1. The summed E-state index contributed by atoms with van der Waals surface area (Å²) in [5.41, 5.74) is 3.63. The summed E-state index contributed by atoms with van der Waals surface area (Å²) in [4.78, 5) is 16.0. The molecule has 0 fully saturated rings. The highest BCUT2D eigenvalue weighted by Crippen LogP contribution is 2.25. The smallest absolute Gasteiger partial charge is 0.308 e. The molecule has 0 atom stereocenters. The van der Waals surface area contributed by atoms with E-state index in [0.29, 0.717) is 17.9 Å². The molecule has 0 saturated heterocycles. The summed E-state index contributed by atoms with van der Waals surface area (Å²) in [5, 5.41) is 0.922. The maximum atomic E-state index is 11.3. The van der Waals surface area contributed by atoms with Crippen LogP contribution in [0.4, 0.5) is 0 Å². The van der Waals surface area contributed by atoms with E-state index in [1.54, 1.807) is 6.07 Å². The Kier molecular flexibility index (Phi) is 5.85. The van der Waals surface area contributed by atoms with Gasteiger partial charge in [0.05, 0.1) is 5.69 Å². The van der Waals surface area contributed by atoms with Crippen LogP contribution in [0, 0.1) is 0 Å². The largest absolute Gasteiger partial charge is 0.489 e. The first kappa shape index (κ1) is 19.4. The van der Waals surface area contributed by atoms with Gasteiger partial charge in [-0.3, -0.25) is 4.79 Å². The Morgan fingerprint density at radius 1 is 0.867 bits per heavy atom. The average molecular weight is 395 g/mol. The Balaban J connectivity index is 1.46. The van der Waals surface area contributed by atoms with Crippen LogP contribution in [0.15, 0.2) is 84.9 Å². The number of hydrogen-bond acceptors (Lipinski definition) is 4. The highest BCUT2D eigenvalue weighted by Gasteiger charge is 2.06. The third kappa shape index (κ3) is 4.92. The fraction of sp³-hybridized carbons (Fsp3) is 0.0769. The fourth-order valence-corrected chi connectivity index (χ4v) is 3.06. The number of hydrogen-bond donors (Lipinski definition) is 0. The molecule has 0 aliphatic heterocycles. The third-order valence-corrected chi connectivity index (χ3v) is 4.53. The van der Waals surface area contributed by atoms with Crippen LogP contribution in [0.2, 0.25) is 0 Å². The molecule has 4 nitrogen and oxygen atoms in total. The van der Waals surface area contributed by atoms with Crippen LogP contribution in [0.1, 0.15) is 23.7 Å². The van der Waals surface area contributed by atoms with E-state index in [0.717, 1.165) is 28.0 Å². The van der Waals surface area contributed by atoms with E-state index in [-0.39, 0.29) is 5.97 Å². The van der Waals surface area contributed by atoms with E-state index >= 15 is 0 Å². The number of carbonyl (C=O) groups excluding carboxylic acids is 1. The number of fused-ring (bicyclic) bond motifs is 1. The lowest BCUT2D eigenvalue weighted by Crippen LogP contribution is -2.02. The van der Waals surface area contributed by atoms with Gasteiger partial charge in [0.25, 0.3) is 0 Å². The molecule has 0 spiro atoms. The number of benzene rings is 3. The molecule has 0 saturated carbocycles. The number of pyridine rings is 1. The van der Waals surface area contributed by atoms with Crippen LogP contribution in [-0.2, 0) is 11.4 Å². The van der Waals surface area contributed by atoms with Gasteiger partial charge in [0.1, 0.15) is 17.9 Å². The van der Waals surface area contributed by atoms with Crippen molar-refractivity contribution >= 4 is 29.0 Å². The second-order valence-corrected chi connectivity index (χ2v) is 6.83. The number of esters is 1. The molecule has 148 valence electrons. The first-order chi connectivity index (χ1) is 14.7. The van der Waals surface area contributed by atoms with E-state index in [2.05, 4.69) is 4.98 Å². The van der Waals surface area contributed by atoms with E-state index < -0.39 is 0 Å². The van der Waals surface area contributed by atoms with Crippen molar-refractivity contribution < 1.29 is 14.3 Å². The summed E-state index contributed by atoms with van der Waals surface area (Å²) < 4.78 is 11.1. The molecule has 4 aromatic rings. The predicted molar refractivity (Wildman–Crippen MR) is 119 cm³/mol. The Morgan fingerprint density at radius 2 is 1.67 bits per heavy atom. The molecule has 4 rings (SSSR count). The maximum absolute atomic E-state index is 11.3. The van der Waals surface area contributed by atoms with Gasteiger partial charge in [0.15, 0.2) is 5.75 Å². The quantitative estimate of drug-likeness (QED) is 0.301. The lowest BCUT2D eigenvalue weighted by Gasteiger charge is -2.07. The Bertz CT molecular complexity index is 1180. The van der Waals surface area contributed by atoms with Crippen molar-refractivity contribution in [1.29, 1.82) is 0 Å². The van der Waals surface area contributed by atoms with Crippen LogP contribution in [-0.4, -0.2) is 11.0 Å². The van der Waals surface area contributed by atoms with Crippen molar-refractivity contribution in [3.05, 3.63) is 102 Å². The second kappa shape index (κ2) is 9.05. The monoisotopic (exact) mass is 395 g/mol. The maximum Gasteiger partial charge on any atom is 0.308 e. The molecule has 0 amide bonds. The van der Waals surface area contributed by atoms with Crippen molar-refractivity contribution in [2.75, 3.05) is 0 Å². The number of carbonyl (C=O) groups is 1. The van der Waals surface area contributed by atoms with Crippen LogP contribution in [0.5, 0.6) is 11.5 Å². The predicted octanol–water partition coefficient (Wildman–Crippen LogP) is 5.91. The molecule has 0 radical (unpaired) electrons. The summed E-state index contributed by atoms with van der Waals surface area (Å²) in [5.74, 6) is 0.931. The number of ether oxygens (including phenoxy) is 2. The number of nitrogens with zero attached hydrogens (tertiary/aromatic N) is 1. The summed E-state index contributed by atoms with van der Waals surface area (Å²) in [7, 11) is 0. The summed E-state index contributed by atoms with van der Waals surface area (Å²) >= 11 is 0. The molecule has 1 aromatic heterocycles. The molecule has 0 aliphatic carbocycles. The Hall–Kier alpha value is -3.92. The van der Waals surface area contributed by atoms with Crippen molar-refractivity contribution in [2.24, 2.45) is 0 Å². The minimum absolute atomic E-state index is 0.361. The molecule has 0 bridgehead atoms. The topological polar surface area (TPSA) is 48.4 Å². The van der Waals surface area contributed by atoms with Gasteiger partial charge in [-0.05, 0) is 41.5 Å². The molecule has 0 unspecified atom stereocenters. The van der Waals surface area contributed by atoms with Crippen molar-refractivity contribution in [3.63, 3.8) is 0 Å². The highest BCUT2D eigenvalue weighted by atomic mass is 16.5. The van der Waals surface area contributed by atoms with Crippen molar-refractivity contribution in [1.82, 2.24) is 4.98 Å². The molecular weight excluding hydrogens is 374 g/mol. The standard InChI is InChI=1S/C26H21NO3/c1-19(28)30-25-9-5-8-22-13-15-23(27-26(22)25)14-10-20-11-16-24(17-12-20)29-18-21-6-3-2-4-7-21/h2-17H,18H2,1H3.